The summed E-state index contributed by atoms with van der Waals surface area (Å²) in [5.41, 5.74) is 7.25. The number of carbonyl (C=O) groups is 1. The molecular weight excluding hydrogens is 286 g/mol. The van der Waals surface area contributed by atoms with Crippen LogP contribution in [0.4, 0.5) is 5.69 Å². The van der Waals surface area contributed by atoms with Crippen molar-refractivity contribution in [2.75, 3.05) is 11.9 Å². The van der Waals surface area contributed by atoms with Gasteiger partial charge in [-0.3, -0.25) is 4.79 Å². The molecule has 108 valence electrons. The molecule has 0 bridgehead atoms. The Bertz CT molecular complexity index is 806. The molecule has 2 N–H and O–H groups in total. The van der Waals surface area contributed by atoms with Crippen LogP contribution in [0.1, 0.15) is 21.3 Å². The maximum absolute atomic E-state index is 12.4. The van der Waals surface area contributed by atoms with E-state index in [1.807, 2.05) is 25.1 Å². The monoisotopic (exact) mass is 301 g/mol. The maximum atomic E-state index is 12.4. The number of hydrogen-bond acceptors (Lipinski definition) is 5. The zero-order valence-corrected chi connectivity index (χ0v) is 12.6. The van der Waals surface area contributed by atoms with Crippen LogP contribution in [0.25, 0.3) is 10.2 Å². The average Bonchev–Trinajstić information content (AvgIpc) is 3.09. The topological polar surface area (TPSA) is 72.4 Å². The number of furan rings is 1. The Morgan fingerprint density at radius 2 is 2.19 bits per heavy atom. The van der Waals surface area contributed by atoms with Gasteiger partial charge in [0.1, 0.15) is 5.76 Å². The predicted molar refractivity (Wildman–Crippen MR) is 83.7 cm³/mol. The summed E-state index contributed by atoms with van der Waals surface area (Å²) in [5.74, 6) is 0.689. The van der Waals surface area contributed by atoms with E-state index in [9.17, 15) is 4.79 Å². The minimum Gasteiger partial charge on any atom is -0.455 e. The smallest absolute Gasteiger partial charge is 0.293 e. The molecule has 2 heterocycles. The highest BCUT2D eigenvalue weighted by Crippen LogP contribution is 2.27. The summed E-state index contributed by atoms with van der Waals surface area (Å²) in [4.78, 5) is 18.4. The molecule has 2 aromatic heterocycles. The molecule has 0 fully saturated rings. The van der Waals surface area contributed by atoms with Crippen molar-refractivity contribution in [1.29, 1.82) is 0 Å². The number of nitrogens with two attached hydrogens (primary N) is 1. The van der Waals surface area contributed by atoms with E-state index in [1.54, 1.807) is 35.4 Å². The molecule has 0 saturated heterocycles. The summed E-state index contributed by atoms with van der Waals surface area (Å²) >= 11 is 1.61. The first-order valence-corrected chi connectivity index (χ1v) is 7.34. The molecule has 0 unspecified atom stereocenters. The van der Waals surface area contributed by atoms with E-state index in [0.29, 0.717) is 11.5 Å². The highest BCUT2D eigenvalue weighted by molar-refractivity contribution is 7.18. The molecule has 1 amide bonds. The standard InChI is InChI=1S/C15H15N3O2S/c1-9-17-12-5-3-10(7-14(12)21-9)18(2)15(19)13-6-4-11(8-16)20-13/h3-7H,8,16H2,1-2H3. The number of nitrogens with zero attached hydrogens (tertiary/aromatic N) is 2. The van der Waals surface area contributed by atoms with Gasteiger partial charge in [-0.15, -0.1) is 11.3 Å². The lowest BCUT2D eigenvalue weighted by atomic mass is 10.2. The Morgan fingerprint density at radius 1 is 1.38 bits per heavy atom. The van der Waals surface area contributed by atoms with E-state index in [4.69, 9.17) is 10.2 Å². The van der Waals surface area contributed by atoms with Gasteiger partial charge < -0.3 is 15.1 Å². The van der Waals surface area contributed by atoms with Gasteiger partial charge in [0, 0.05) is 12.7 Å². The lowest BCUT2D eigenvalue weighted by Gasteiger charge is -2.15. The Morgan fingerprint density at radius 3 is 2.90 bits per heavy atom. The lowest BCUT2D eigenvalue weighted by molar-refractivity contribution is 0.0965. The number of rotatable bonds is 3. The van der Waals surface area contributed by atoms with E-state index < -0.39 is 0 Å². The number of aryl methyl sites for hydroxylation is 1. The quantitative estimate of drug-likeness (QED) is 0.807. The molecule has 3 rings (SSSR count). The number of thiazole rings is 1. The third-order valence-electron chi connectivity index (χ3n) is 3.24. The van der Waals surface area contributed by atoms with E-state index >= 15 is 0 Å². The highest BCUT2D eigenvalue weighted by Gasteiger charge is 2.18. The fourth-order valence-electron chi connectivity index (χ4n) is 2.12. The molecule has 3 aromatic rings. The summed E-state index contributed by atoms with van der Waals surface area (Å²) < 4.78 is 6.46. The van der Waals surface area contributed by atoms with Crippen molar-refractivity contribution in [2.45, 2.75) is 13.5 Å². The molecule has 0 aliphatic carbocycles. The Hall–Kier alpha value is -2.18. The zero-order valence-electron chi connectivity index (χ0n) is 11.8. The van der Waals surface area contributed by atoms with Crippen LogP contribution in [0.5, 0.6) is 0 Å². The molecule has 0 radical (unpaired) electrons. The average molecular weight is 301 g/mol. The van der Waals surface area contributed by atoms with Gasteiger partial charge in [-0.2, -0.15) is 0 Å². The lowest BCUT2D eigenvalue weighted by Crippen LogP contribution is -2.25. The van der Waals surface area contributed by atoms with Crippen molar-refractivity contribution in [3.05, 3.63) is 46.9 Å². The number of anilines is 1. The minimum absolute atomic E-state index is 0.199. The number of carbonyl (C=O) groups excluding carboxylic acids is 1. The minimum atomic E-state index is -0.199. The van der Waals surface area contributed by atoms with Crippen LogP contribution in [-0.2, 0) is 6.54 Å². The first kappa shape index (κ1) is 13.8. The Kier molecular flexibility index (Phi) is 3.48. The van der Waals surface area contributed by atoms with Crippen molar-refractivity contribution < 1.29 is 9.21 Å². The zero-order chi connectivity index (χ0) is 15.0. The van der Waals surface area contributed by atoms with Crippen LogP contribution < -0.4 is 10.6 Å². The third-order valence-corrected chi connectivity index (χ3v) is 4.18. The Labute approximate surface area is 126 Å². The summed E-state index contributed by atoms with van der Waals surface area (Å²) in [6, 6.07) is 9.13. The van der Waals surface area contributed by atoms with Gasteiger partial charge in [0.15, 0.2) is 5.76 Å². The molecule has 0 atom stereocenters. The van der Waals surface area contributed by atoms with Gasteiger partial charge in [0.25, 0.3) is 5.91 Å². The first-order valence-electron chi connectivity index (χ1n) is 6.52. The molecule has 0 spiro atoms. The number of hydrogen-bond donors (Lipinski definition) is 1. The number of amides is 1. The van der Waals surface area contributed by atoms with Gasteiger partial charge in [-0.25, -0.2) is 4.98 Å². The normalized spacial score (nSPS) is 11.0. The number of aromatic nitrogens is 1. The van der Waals surface area contributed by atoms with Crippen LogP contribution in [0.15, 0.2) is 34.7 Å². The van der Waals surface area contributed by atoms with Crippen LogP contribution in [0, 0.1) is 6.92 Å². The molecule has 0 saturated carbocycles. The fraction of sp³-hybridized carbons (Fsp3) is 0.200. The van der Waals surface area contributed by atoms with E-state index in [-0.39, 0.29) is 12.5 Å². The van der Waals surface area contributed by atoms with E-state index in [0.717, 1.165) is 20.9 Å². The van der Waals surface area contributed by atoms with Gasteiger partial charge in [-0.1, -0.05) is 0 Å². The van der Waals surface area contributed by atoms with Gasteiger partial charge >= 0.3 is 0 Å². The SMILES string of the molecule is Cc1nc2ccc(N(C)C(=O)c3ccc(CN)o3)cc2s1. The van der Waals surface area contributed by atoms with Crippen LogP contribution in [0.2, 0.25) is 0 Å². The first-order chi connectivity index (χ1) is 10.1. The molecule has 0 aliphatic rings. The molecule has 0 aliphatic heterocycles. The molecule has 6 heteroatoms. The summed E-state index contributed by atoms with van der Waals surface area (Å²) in [7, 11) is 1.72. The molecular formula is C15H15N3O2S. The second-order valence-electron chi connectivity index (χ2n) is 4.72. The number of fused-ring (bicyclic) bond motifs is 1. The predicted octanol–water partition coefficient (Wildman–Crippen LogP) is 2.93. The van der Waals surface area contributed by atoms with Crippen molar-refractivity contribution in [2.24, 2.45) is 5.73 Å². The van der Waals surface area contributed by atoms with E-state index in [2.05, 4.69) is 4.98 Å². The largest absolute Gasteiger partial charge is 0.455 e. The number of benzene rings is 1. The third kappa shape index (κ3) is 2.55. The van der Waals surface area contributed by atoms with Crippen molar-refractivity contribution in [3.63, 3.8) is 0 Å². The van der Waals surface area contributed by atoms with Gasteiger partial charge in [0.05, 0.1) is 21.8 Å². The summed E-state index contributed by atoms with van der Waals surface area (Å²) in [6.07, 6.45) is 0. The van der Waals surface area contributed by atoms with Gasteiger partial charge in [-0.05, 0) is 37.3 Å². The molecule has 21 heavy (non-hydrogen) atoms. The fourth-order valence-corrected chi connectivity index (χ4v) is 2.98. The molecule has 1 aromatic carbocycles. The second-order valence-corrected chi connectivity index (χ2v) is 5.95. The van der Waals surface area contributed by atoms with E-state index in [1.165, 1.54) is 0 Å². The van der Waals surface area contributed by atoms with Crippen molar-refractivity contribution in [3.8, 4) is 0 Å². The van der Waals surface area contributed by atoms with Crippen LogP contribution in [0.3, 0.4) is 0 Å². The summed E-state index contributed by atoms with van der Waals surface area (Å²) in [5, 5.41) is 1.01. The van der Waals surface area contributed by atoms with Crippen LogP contribution in [-0.4, -0.2) is 17.9 Å². The van der Waals surface area contributed by atoms with Crippen molar-refractivity contribution >= 4 is 33.1 Å². The van der Waals surface area contributed by atoms with Crippen LogP contribution >= 0.6 is 11.3 Å². The Balaban J connectivity index is 1.91. The second kappa shape index (κ2) is 5.31. The summed E-state index contributed by atoms with van der Waals surface area (Å²) in [6.45, 7) is 2.25. The highest BCUT2D eigenvalue weighted by atomic mass is 32.1. The maximum Gasteiger partial charge on any atom is 0.293 e. The molecule has 5 nitrogen and oxygen atoms in total. The van der Waals surface area contributed by atoms with Gasteiger partial charge in [0.2, 0.25) is 0 Å². The van der Waals surface area contributed by atoms with Crippen molar-refractivity contribution in [1.82, 2.24) is 4.98 Å².